The molecular formula is C13H12N4O2. The van der Waals surface area contributed by atoms with Gasteiger partial charge in [-0.3, -0.25) is 0 Å². The van der Waals surface area contributed by atoms with Gasteiger partial charge in [-0.1, -0.05) is 18.2 Å². The van der Waals surface area contributed by atoms with Crippen LogP contribution in [0.5, 0.6) is 0 Å². The Bertz CT molecular complexity index is 646. The van der Waals surface area contributed by atoms with Gasteiger partial charge in [-0.15, -0.1) is 0 Å². The summed E-state index contributed by atoms with van der Waals surface area (Å²) in [5.41, 5.74) is 6.22. The lowest BCUT2D eigenvalue weighted by Gasteiger charge is -1.84. The first kappa shape index (κ1) is 12.6. The summed E-state index contributed by atoms with van der Waals surface area (Å²) in [5, 5.41) is 9.58. The lowest BCUT2D eigenvalue weighted by Crippen LogP contribution is -1.94. The van der Waals surface area contributed by atoms with Gasteiger partial charge in [0.05, 0.1) is 0 Å². The average molecular weight is 256 g/mol. The van der Waals surface area contributed by atoms with Crippen molar-refractivity contribution in [3.05, 3.63) is 54.5 Å². The van der Waals surface area contributed by atoms with E-state index in [4.69, 9.17) is 10.8 Å². The van der Waals surface area contributed by atoms with Crippen molar-refractivity contribution >= 4 is 22.8 Å². The van der Waals surface area contributed by atoms with Crippen LogP contribution in [0.1, 0.15) is 10.5 Å². The van der Waals surface area contributed by atoms with Gasteiger partial charge in [0, 0.05) is 23.3 Å². The Balaban J connectivity index is 0.000000163. The van der Waals surface area contributed by atoms with Gasteiger partial charge in [0.1, 0.15) is 5.69 Å². The highest BCUT2D eigenvalue weighted by Gasteiger charge is 2.05. The van der Waals surface area contributed by atoms with E-state index >= 15 is 0 Å². The van der Waals surface area contributed by atoms with Crippen LogP contribution in [0.4, 0.5) is 5.95 Å². The molecule has 0 radical (unpaired) electrons. The van der Waals surface area contributed by atoms with Crippen molar-refractivity contribution in [2.45, 2.75) is 0 Å². The number of fused-ring (bicyclic) bond motifs is 1. The maximum atomic E-state index is 10.5. The quantitative estimate of drug-likeness (QED) is 0.617. The monoisotopic (exact) mass is 256 g/mol. The second-order valence-electron chi connectivity index (χ2n) is 3.68. The Morgan fingerprint density at radius 2 is 1.84 bits per heavy atom. The molecule has 19 heavy (non-hydrogen) atoms. The normalized spacial score (nSPS) is 9.68. The zero-order chi connectivity index (χ0) is 13.7. The van der Waals surface area contributed by atoms with E-state index in [0.29, 0.717) is 5.95 Å². The number of rotatable bonds is 1. The zero-order valence-corrected chi connectivity index (χ0v) is 9.95. The molecule has 0 bridgehead atoms. The highest BCUT2D eigenvalue weighted by molar-refractivity contribution is 5.93. The van der Waals surface area contributed by atoms with E-state index in [1.807, 2.05) is 24.3 Å². The van der Waals surface area contributed by atoms with Crippen molar-refractivity contribution in [1.82, 2.24) is 15.0 Å². The number of aromatic nitrogens is 3. The Labute approximate surface area is 108 Å². The Morgan fingerprint density at radius 3 is 2.37 bits per heavy atom. The smallest absolute Gasteiger partial charge is 0.352 e. The molecule has 2 heterocycles. The molecule has 0 saturated carbocycles. The molecule has 0 spiro atoms. The number of aromatic carboxylic acids is 1. The van der Waals surface area contributed by atoms with Gasteiger partial charge in [0.15, 0.2) is 0 Å². The second kappa shape index (κ2) is 5.63. The van der Waals surface area contributed by atoms with Crippen LogP contribution in [0, 0.1) is 0 Å². The molecule has 6 nitrogen and oxygen atoms in total. The number of nitrogens with zero attached hydrogens (tertiary/aromatic N) is 2. The maximum absolute atomic E-state index is 10.5. The van der Waals surface area contributed by atoms with Crippen molar-refractivity contribution in [3.8, 4) is 0 Å². The van der Waals surface area contributed by atoms with Gasteiger partial charge < -0.3 is 15.8 Å². The number of nitrogen functional groups attached to an aromatic ring is 1. The van der Waals surface area contributed by atoms with Gasteiger partial charge in [0.25, 0.3) is 0 Å². The molecule has 3 aromatic rings. The van der Waals surface area contributed by atoms with Crippen molar-refractivity contribution in [3.63, 3.8) is 0 Å². The first-order valence-electron chi connectivity index (χ1n) is 5.50. The molecule has 3 rings (SSSR count). The fourth-order valence-corrected chi connectivity index (χ4v) is 1.50. The van der Waals surface area contributed by atoms with Crippen LogP contribution < -0.4 is 5.73 Å². The Morgan fingerprint density at radius 1 is 1.16 bits per heavy atom. The molecule has 4 N–H and O–H groups in total. The largest absolute Gasteiger partial charge is 0.477 e. The van der Waals surface area contributed by atoms with E-state index in [1.165, 1.54) is 0 Å². The fraction of sp³-hybridized carbons (Fsp3) is 0. The number of anilines is 1. The number of carboxylic acids is 1. The molecule has 0 amide bonds. The molecule has 2 aromatic heterocycles. The number of H-pyrrole nitrogens is 1. The van der Waals surface area contributed by atoms with Crippen LogP contribution in [-0.2, 0) is 0 Å². The summed E-state index contributed by atoms with van der Waals surface area (Å²) in [5.74, 6) is -0.603. The topological polar surface area (TPSA) is 105 Å². The van der Waals surface area contributed by atoms with E-state index < -0.39 is 5.97 Å². The van der Waals surface area contributed by atoms with E-state index in [-0.39, 0.29) is 5.69 Å². The van der Waals surface area contributed by atoms with Gasteiger partial charge in [0.2, 0.25) is 5.95 Å². The standard InChI is InChI=1S/C9H7NO2.C4H5N3/c11-9(12)8-5-6-3-1-2-4-7(6)10-8;5-4-6-2-1-3-7-4/h1-5,10H,(H,11,12);1-3H,(H2,5,6,7). The molecule has 0 aliphatic rings. The van der Waals surface area contributed by atoms with Gasteiger partial charge in [-0.2, -0.15) is 0 Å². The number of para-hydroxylation sites is 1. The third-order valence-corrected chi connectivity index (χ3v) is 2.35. The molecule has 0 fully saturated rings. The molecule has 0 unspecified atom stereocenters. The molecule has 0 saturated heterocycles. The molecule has 0 aliphatic heterocycles. The third-order valence-electron chi connectivity index (χ3n) is 2.35. The first-order valence-corrected chi connectivity index (χ1v) is 5.50. The number of nitrogens with two attached hydrogens (primary N) is 1. The van der Waals surface area contributed by atoms with Crippen molar-refractivity contribution in [2.75, 3.05) is 5.73 Å². The summed E-state index contributed by atoms with van der Waals surface area (Å²) in [7, 11) is 0. The van der Waals surface area contributed by atoms with Crippen LogP contribution in [-0.4, -0.2) is 26.0 Å². The van der Waals surface area contributed by atoms with Gasteiger partial charge >= 0.3 is 5.97 Å². The van der Waals surface area contributed by atoms with E-state index in [2.05, 4.69) is 15.0 Å². The average Bonchev–Trinajstić information content (AvgIpc) is 2.84. The molecule has 0 atom stereocenters. The number of benzene rings is 1. The summed E-state index contributed by atoms with van der Waals surface area (Å²) < 4.78 is 0. The Hall–Kier alpha value is -2.89. The van der Waals surface area contributed by atoms with Crippen LogP contribution in [0.25, 0.3) is 10.9 Å². The van der Waals surface area contributed by atoms with Crippen LogP contribution in [0.3, 0.4) is 0 Å². The number of aromatic amines is 1. The summed E-state index contributed by atoms with van der Waals surface area (Å²) in [6.45, 7) is 0. The number of carbonyl (C=O) groups is 1. The fourth-order valence-electron chi connectivity index (χ4n) is 1.50. The van der Waals surface area contributed by atoms with Crippen LogP contribution in [0.2, 0.25) is 0 Å². The minimum absolute atomic E-state index is 0.233. The van der Waals surface area contributed by atoms with Gasteiger partial charge in [-0.05, 0) is 18.2 Å². The summed E-state index contributed by atoms with van der Waals surface area (Å²) in [4.78, 5) is 20.6. The minimum Gasteiger partial charge on any atom is -0.477 e. The highest BCUT2D eigenvalue weighted by atomic mass is 16.4. The maximum Gasteiger partial charge on any atom is 0.352 e. The lowest BCUT2D eigenvalue weighted by atomic mass is 10.2. The molecule has 96 valence electrons. The second-order valence-corrected chi connectivity index (χ2v) is 3.68. The van der Waals surface area contributed by atoms with E-state index in [9.17, 15) is 4.79 Å². The van der Waals surface area contributed by atoms with Crippen LogP contribution in [0.15, 0.2) is 48.8 Å². The zero-order valence-electron chi connectivity index (χ0n) is 9.95. The number of hydrogen-bond donors (Lipinski definition) is 3. The van der Waals surface area contributed by atoms with Crippen molar-refractivity contribution in [2.24, 2.45) is 0 Å². The SMILES string of the molecule is Nc1ncccn1.O=C(O)c1cc2ccccc2[nH]1. The van der Waals surface area contributed by atoms with Crippen molar-refractivity contribution < 1.29 is 9.90 Å². The van der Waals surface area contributed by atoms with Crippen molar-refractivity contribution in [1.29, 1.82) is 0 Å². The predicted molar refractivity (Wildman–Crippen MR) is 71.7 cm³/mol. The van der Waals surface area contributed by atoms with E-state index in [0.717, 1.165) is 10.9 Å². The van der Waals surface area contributed by atoms with Gasteiger partial charge in [-0.25, -0.2) is 14.8 Å². The summed E-state index contributed by atoms with van der Waals surface area (Å²) in [6, 6.07) is 10.8. The number of nitrogens with one attached hydrogen (secondary N) is 1. The first-order chi connectivity index (χ1) is 9.16. The number of carboxylic acid groups (broad SMARTS) is 1. The molecule has 1 aromatic carbocycles. The number of hydrogen-bond acceptors (Lipinski definition) is 4. The highest BCUT2D eigenvalue weighted by Crippen LogP contribution is 2.13. The lowest BCUT2D eigenvalue weighted by molar-refractivity contribution is 0.0691. The molecule has 0 aliphatic carbocycles. The molecular weight excluding hydrogens is 244 g/mol. The Kier molecular flexibility index (Phi) is 3.72. The summed E-state index contributed by atoms with van der Waals surface area (Å²) >= 11 is 0. The summed E-state index contributed by atoms with van der Waals surface area (Å²) in [6.07, 6.45) is 3.20. The van der Waals surface area contributed by atoms with E-state index in [1.54, 1.807) is 24.5 Å². The molecule has 6 heteroatoms. The van der Waals surface area contributed by atoms with Crippen LogP contribution >= 0.6 is 0 Å². The third kappa shape index (κ3) is 3.29. The predicted octanol–water partition coefficient (Wildman–Crippen LogP) is 1.92. The minimum atomic E-state index is -0.925.